The van der Waals surface area contributed by atoms with Gasteiger partial charge in [-0.25, -0.2) is 4.99 Å². The van der Waals surface area contributed by atoms with Crippen molar-refractivity contribution in [2.24, 2.45) is 4.99 Å². The highest BCUT2D eigenvalue weighted by molar-refractivity contribution is 7.07. The SMILES string of the molecule is COc1cccc([C@H]2C(C(=O)Nc3ccccc3)=C(C)N=c3s/c(=C\c4ccc(OCc5ccc([N+](=O)[O-])cc5)c(OC)c4)c(=O)n32)c1. The van der Waals surface area contributed by atoms with E-state index in [9.17, 15) is 19.7 Å². The third-order valence-electron chi connectivity index (χ3n) is 7.73. The van der Waals surface area contributed by atoms with Gasteiger partial charge in [0.05, 0.1) is 41.0 Å². The Hall–Kier alpha value is -6.01. The van der Waals surface area contributed by atoms with Crippen LogP contribution in [0.2, 0.25) is 0 Å². The lowest BCUT2D eigenvalue weighted by Gasteiger charge is -2.25. The van der Waals surface area contributed by atoms with Gasteiger partial charge in [-0.05, 0) is 78.2 Å². The zero-order valence-electron chi connectivity index (χ0n) is 26.2. The number of para-hydroxylation sites is 1. The van der Waals surface area contributed by atoms with Gasteiger partial charge in [0.2, 0.25) is 0 Å². The number of non-ortho nitro benzene ring substituents is 1. The number of rotatable bonds is 10. The molecule has 11 nitrogen and oxygen atoms in total. The first kappa shape index (κ1) is 32.0. The van der Waals surface area contributed by atoms with E-state index in [1.807, 2.05) is 36.4 Å². The standard InChI is InChI=1S/C36H30N4O7S/c1-22-32(34(41)38-26-9-5-4-6-10-26)33(25-8-7-11-28(20-25)45-2)39-35(42)31(48-36(39)37-22)19-24-14-17-29(30(18-24)46-3)47-21-23-12-15-27(16-13-23)40(43)44/h4-20,33H,21H2,1-3H3,(H,38,41)/b31-19-/t33-/m0/s1. The molecule has 0 radical (unpaired) electrons. The number of aromatic nitrogens is 1. The molecule has 0 unspecified atom stereocenters. The third kappa shape index (κ3) is 6.60. The summed E-state index contributed by atoms with van der Waals surface area (Å²) >= 11 is 1.23. The van der Waals surface area contributed by atoms with Crippen molar-refractivity contribution in [1.82, 2.24) is 4.57 Å². The largest absolute Gasteiger partial charge is 0.497 e. The predicted molar refractivity (Wildman–Crippen MR) is 182 cm³/mol. The number of nitrogens with one attached hydrogen (secondary N) is 1. The normalized spacial score (nSPS) is 14.1. The summed E-state index contributed by atoms with van der Waals surface area (Å²) in [5.74, 6) is 1.15. The van der Waals surface area contributed by atoms with Gasteiger partial charge in [-0.2, -0.15) is 0 Å². The Morgan fingerprint density at radius 3 is 2.46 bits per heavy atom. The minimum absolute atomic E-state index is 0.00242. The molecule has 0 saturated heterocycles. The van der Waals surface area contributed by atoms with E-state index in [1.165, 1.54) is 30.6 Å². The Labute approximate surface area is 278 Å². The van der Waals surface area contributed by atoms with Gasteiger partial charge in [0.15, 0.2) is 16.3 Å². The number of nitro benzene ring substituents is 1. The molecular weight excluding hydrogens is 632 g/mol. The molecule has 1 aliphatic heterocycles. The van der Waals surface area contributed by atoms with Crippen LogP contribution in [0.3, 0.4) is 0 Å². The van der Waals surface area contributed by atoms with E-state index in [0.29, 0.717) is 54.7 Å². The van der Waals surface area contributed by atoms with Gasteiger partial charge >= 0.3 is 0 Å². The van der Waals surface area contributed by atoms with Crippen LogP contribution in [0, 0.1) is 10.1 Å². The minimum Gasteiger partial charge on any atom is -0.497 e. The molecule has 1 atom stereocenters. The third-order valence-corrected chi connectivity index (χ3v) is 8.72. The van der Waals surface area contributed by atoms with E-state index in [2.05, 4.69) is 5.32 Å². The van der Waals surface area contributed by atoms with Crippen LogP contribution in [-0.2, 0) is 11.4 Å². The van der Waals surface area contributed by atoms with Crippen LogP contribution in [0.15, 0.2) is 118 Å². The van der Waals surface area contributed by atoms with Crippen molar-refractivity contribution in [3.8, 4) is 17.2 Å². The number of thiazole rings is 1. The molecule has 0 spiro atoms. The molecule has 6 rings (SSSR count). The highest BCUT2D eigenvalue weighted by atomic mass is 32.1. The monoisotopic (exact) mass is 662 g/mol. The lowest BCUT2D eigenvalue weighted by molar-refractivity contribution is -0.384. The molecular formula is C36H30N4O7S. The summed E-state index contributed by atoms with van der Waals surface area (Å²) in [4.78, 5) is 43.6. The molecule has 0 aliphatic carbocycles. The second-order valence-electron chi connectivity index (χ2n) is 10.8. The first-order chi connectivity index (χ1) is 23.2. The summed E-state index contributed by atoms with van der Waals surface area (Å²) in [6.07, 6.45) is 1.75. The topological polar surface area (TPSA) is 134 Å². The Morgan fingerprint density at radius 2 is 1.75 bits per heavy atom. The molecule has 48 heavy (non-hydrogen) atoms. The van der Waals surface area contributed by atoms with Crippen molar-refractivity contribution in [3.63, 3.8) is 0 Å². The summed E-state index contributed by atoms with van der Waals surface area (Å²) in [6, 6.07) is 27.1. The smallest absolute Gasteiger partial charge is 0.271 e. The van der Waals surface area contributed by atoms with Gasteiger partial charge in [0, 0.05) is 17.8 Å². The molecule has 4 aromatic carbocycles. The molecule has 12 heteroatoms. The Balaban J connectivity index is 1.36. The maximum Gasteiger partial charge on any atom is 0.271 e. The van der Waals surface area contributed by atoms with Crippen LogP contribution in [0.1, 0.15) is 29.7 Å². The highest BCUT2D eigenvalue weighted by Crippen LogP contribution is 2.33. The molecule has 1 aliphatic rings. The van der Waals surface area contributed by atoms with E-state index in [4.69, 9.17) is 19.2 Å². The fourth-order valence-corrected chi connectivity index (χ4v) is 6.42. The van der Waals surface area contributed by atoms with Gasteiger partial charge in [0.25, 0.3) is 17.2 Å². The van der Waals surface area contributed by atoms with Crippen LogP contribution >= 0.6 is 11.3 Å². The molecule has 2 heterocycles. The second kappa shape index (κ2) is 13.8. The van der Waals surface area contributed by atoms with Crippen molar-refractivity contribution >= 4 is 34.7 Å². The maximum atomic E-state index is 14.1. The first-order valence-corrected chi connectivity index (χ1v) is 15.6. The number of benzene rings is 4. The van der Waals surface area contributed by atoms with Gasteiger partial charge in [-0.15, -0.1) is 0 Å². The number of amides is 1. The molecule has 1 N–H and O–H groups in total. The number of fused-ring (bicyclic) bond motifs is 1. The van der Waals surface area contributed by atoms with Gasteiger partial charge < -0.3 is 19.5 Å². The summed E-state index contributed by atoms with van der Waals surface area (Å²) in [5, 5.41) is 13.9. The Kier molecular flexibility index (Phi) is 9.17. The van der Waals surface area contributed by atoms with Crippen LogP contribution in [0.25, 0.3) is 6.08 Å². The van der Waals surface area contributed by atoms with E-state index >= 15 is 0 Å². The summed E-state index contributed by atoms with van der Waals surface area (Å²) in [6.45, 7) is 1.94. The molecule has 5 aromatic rings. The number of anilines is 1. The lowest BCUT2D eigenvalue weighted by Crippen LogP contribution is -2.40. The number of methoxy groups -OCH3 is 2. The molecule has 0 saturated carbocycles. The Bertz CT molecular complexity index is 2230. The number of carbonyl (C=O) groups is 1. The maximum absolute atomic E-state index is 14.1. The highest BCUT2D eigenvalue weighted by Gasteiger charge is 2.32. The van der Waals surface area contributed by atoms with Crippen LogP contribution < -0.4 is 34.4 Å². The molecule has 0 fully saturated rings. The Morgan fingerprint density at radius 1 is 0.979 bits per heavy atom. The number of carbonyl (C=O) groups excluding carboxylic acids is 1. The van der Waals surface area contributed by atoms with Crippen molar-refractivity contribution in [2.45, 2.75) is 19.6 Å². The number of ether oxygens (including phenoxy) is 3. The number of hydrogen-bond acceptors (Lipinski definition) is 9. The van der Waals surface area contributed by atoms with Crippen molar-refractivity contribution in [2.75, 3.05) is 19.5 Å². The number of nitro groups is 1. The van der Waals surface area contributed by atoms with E-state index in [0.717, 1.165) is 5.56 Å². The first-order valence-electron chi connectivity index (χ1n) is 14.8. The average Bonchev–Trinajstić information content (AvgIpc) is 3.40. The lowest BCUT2D eigenvalue weighted by atomic mass is 9.95. The predicted octanol–water partition coefficient (Wildman–Crippen LogP) is 5.38. The average molecular weight is 663 g/mol. The molecule has 1 amide bonds. The van der Waals surface area contributed by atoms with Crippen molar-refractivity contribution in [1.29, 1.82) is 0 Å². The van der Waals surface area contributed by atoms with Gasteiger partial charge in [0.1, 0.15) is 12.4 Å². The van der Waals surface area contributed by atoms with E-state index in [1.54, 1.807) is 73.2 Å². The van der Waals surface area contributed by atoms with E-state index < -0.39 is 11.0 Å². The van der Waals surface area contributed by atoms with Gasteiger partial charge in [-0.1, -0.05) is 47.7 Å². The summed E-state index contributed by atoms with van der Waals surface area (Å²) in [5.41, 5.74) is 3.32. The van der Waals surface area contributed by atoms with E-state index in [-0.39, 0.29) is 23.8 Å². The summed E-state index contributed by atoms with van der Waals surface area (Å²) < 4.78 is 19.0. The molecule has 1 aromatic heterocycles. The quantitative estimate of drug-likeness (QED) is 0.157. The molecule has 242 valence electrons. The molecule has 0 bridgehead atoms. The van der Waals surface area contributed by atoms with Crippen LogP contribution in [0.4, 0.5) is 11.4 Å². The van der Waals surface area contributed by atoms with Crippen LogP contribution in [0.5, 0.6) is 17.2 Å². The second-order valence-corrected chi connectivity index (χ2v) is 11.8. The number of hydrogen-bond donors (Lipinski definition) is 1. The number of nitrogens with zero attached hydrogens (tertiary/aromatic N) is 3. The minimum atomic E-state index is -0.757. The summed E-state index contributed by atoms with van der Waals surface area (Å²) in [7, 11) is 3.08. The van der Waals surface area contributed by atoms with Crippen LogP contribution in [-0.4, -0.2) is 29.6 Å². The van der Waals surface area contributed by atoms with Crippen molar-refractivity contribution in [3.05, 3.63) is 155 Å². The zero-order valence-corrected chi connectivity index (χ0v) is 27.0. The fourth-order valence-electron chi connectivity index (χ4n) is 5.38. The van der Waals surface area contributed by atoms with Crippen molar-refractivity contribution < 1.29 is 23.9 Å². The zero-order chi connectivity index (χ0) is 33.8. The fraction of sp³-hybridized carbons (Fsp3) is 0.139. The number of allylic oxidation sites excluding steroid dienone is 1. The van der Waals surface area contributed by atoms with Gasteiger partial charge in [-0.3, -0.25) is 24.3 Å².